The SMILES string of the molecule is CC(=O)C1(C2=C(C)CC(OCc3ccccc3)(OCc3ccccc3)C2)CC1. The third-order valence-corrected chi connectivity index (χ3v) is 6.19. The van der Waals surface area contributed by atoms with Gasteiger partial charge in [-0.05, 0) is 37.8 Å². The van der Waals surface area contributed by atoms with Gasteiger partial charge >= 0.3 is 0 Å². The van der Waals surface area contributed by atoms with Gasteiger partial charge in [0.1, 0.15) is 5.78 Å². The van der Waals surface area contributed by atoms with Crippen LogP contribution < -0.4 is 0 Å². The molecule has 2 aliphatic carbocycles. The summed E-state index contributed by atoms with van der Waals surface area (Å²) in [5.74, 6) is -0.417. The van der Waals surface area contributed by atoms with Crippen LogP contribution in [0.2, 0.25) is 0 Å². The highest BCUT2D eigenvalue weighted by Gasteiger charge is 2.55. The fourth-order valence-corrected chi connectivity index (χ4v) is 4.39. The van der Waals surface area contributed by atoms with Crippen LogP contribution in [0.15, 0.2) is 71.8 Å². The molecule has 3 nitrogen and oxygen atoms in total. The number of hydrogen-bond acceptors (Lipinski definition) is 3. The van der Waals surface area contributed by atoms with Crippen LogP contribution in [0.5, 0.6) is 0 Å². The smallest absolute Gasteiger partial charge is 0.176 e. The van der Waals surface area contributed by atoms with Gasteiger partial charge in [-0.25, -0.2) is 0 Å². The van der Waals surface area contributed by atoms with E-state index in [9.17, 15) is 4.79 Å². The van der Waals surface area contributed by atoms with E-state index in [0.29, 0.717) is 19.6 Å². The molecule has 0 aromatic heterocycles. The summed E-state index contributed by atoms with van der Waals surface area (Å²) >= 11 is 0. The minimum absolute atomic E-state index is 0.252. The van der Waals surface area contributed by atoms with Gasteiger partial charge in [-0.2, -0.15) is 0 Å². The maximum Gasteiger partial charge on any atom is 0.176 e. The lowest BCUT2D eigenvalue weighted by Crippen LogP contribution is -2.34. The van der Waals surface area contributed by atoms with Gasteiger partial charge in [0.2, 0.25) is 0 Å². The average molecular weight is 376 g/mol. The van der Waals surface area contributed by atoms with Crippen LogP contribution in [0.4, 0.5) is 0 Å². The zero-order valence-corrected chi connectivity index (χ0v) is 16.7. The van der Waals surface area contributed by atoms with Crippen molar-refractivity contribution in [3.05, 3.63) is 82.9 Å². The van der Waals surface area contributed by atoms with Crippen molar-refractivity contribution in [2.75, 3.05) is 0 Å². The molecule has 2 aromatic carbocycles. The second kappa shape index (κ2) is 7.65. The van der Waals surface area contributed by atoms with Gasteiger partial charge in [0.25, 0.3) is 0 Å². The number of benzene rings is 2. The maximum absolute atomic E-state index is 12.3. The number of ether oxygens (including phenoxy) is 2. The summed E-state index contributed by atoms with van der Waals surface area (Å²) in [5.41, 5.74) is 4.51. The first-order valence-electron chi connectivity index (χ1n) is 10.1. The zero-order valence-electron chi connectivity index (χ0n) is 16.7. The molecule has 0 unspecified atom stereocenters. The minimum Gasteiger partial charge on any atom is -0.345 e. The molecule has 3 heteroatoms. The Morgan fingerprint density at radius 1 is 0.857 bits per heavy atom. The molecule has 0 atom stereocenters. The normalized spacial score (nSPS) is 19.6. The fraction of sp³-hybridized carbons (Fsp3) is 0.400. The molecule has 0 amide bonds. The van der Waals surface area contributed by atoms with Crippen molar-refractivity contribution in [1.82, 2.24) is 0 Å². The lowest BCUT2D eigenvalue weighted by atomic mass is 9.89. The molecular formula is C25H28O3. The Labute approximate surface area is 167 Å². The first kappa shape index (κ1) is 19.1. The summed E-state index contributed by atoms with van der Waals surface area (Å²) in [6.45, 7) is 4.87. The van der Waals surface area contributed by atoms with E-state index in [-0.39, 0.29) is 11.2 Å². The van der Waals surface area contributed by atoms with Crippen LogP contribution in [0.3, 0.4) is 0 Å². The molecule has 4 rings (SSSR count). The minimum atomic E-state index is -0.698. The standard InChI is InChI=1S/C25H28O3/c1-19-15-25(27-17-21-9-5-3-6-10-21,28-18-22-11-7-4-8-12-22)16-23(19)24(13-14-24)20(2)26/h3-12H,13-18H2,1-2H3. The van der Waals surface area contributed by atoms with Crippen molar-refractivity contribution in [3.8, 4) is 0 Å². The van der Waals surface area contributed by atoms with E-state index in [0.717, 1.165) is 30.4 Å². The van der Waals surface area contributed by atoms with Crippen molar-refractivity contribution >= 4 is 5.78 Å². The van der Waals surface area contributed by atoms with E-state index in [2.05, 4.69) is 31.2 Å². The summed E-state index contributed by atoms with van der Waals surface area (Å²) in [6, 6.07) is 20.4. The molecule has 0 spiro atoms. The van der Waals surface area contributed by atoms with Crippen LogP contribution in [-0.2, 0) is 27.5 Å². The zero-order chi connectivity index (χ0) is 19.6. The Morgan fingerprint density at radius 2 is 1.36 bits per heavy atom. The summed E-state index contributed by atoms with van der Waals surface area (Å²) in [4.78, 5) is 12.3. The monoisotopic (exact) mass is 376 g/mol. The largest absolute Gasteiger partial charge is 0.345 e. The van der Waals surface area contributed by atoms with Crippen molar-refractivity contribution in [1.29, 1.82) is 0 Å². The van der Waals surface area contributed by atoms with E-state index in [1.54, 1.807) is 6.92 Å². The Hall–Kier alpha value is -2.23. The number of Topliss-reactive ketones (excluding diaryl/α,β-unsaturated/α-hetero) is 1. The molecule has 1 saturated carbocycles. The topological polar surface area (TPSA) is 35.5 Å². The summed E-state index contributed by atoms with van der Waals surface area (Å²) in [5, 5.41) is 0. The van der Waals surface area contributed by atoms with Gasteiger partial charge in [0.15, 0.2) is 5.79 Å². The Kier molecular flexibility index (Phi) is 5.22. The molecule has 2 aliphatic rings. The highest BCUT2D eigenvalue weighted by Crippen LogP contribution is 2.59. The number of rotatable bonds is 8. The van der Waals surface area contributed by atoms with Gasteiger partial charge in [-0.3, -0.25) is 4.79 Å². The quantitative estimate of drug-likeness (QED) is 0.445. The van der Waals surface area contributed by atoms with E-state index < -0.39 is 5.79 Å². The molecule has 146 valence electrons. The van der Waals surface area contributed by atoms with E-state index >= 15 is 0 Å². The molecule has 28 heavy (non-hydrogen) atoms. The Morgan fingerprint density at radius 3 is 1.79 bits per heavy atom. The molecule has 0 bridgehead atoms. The predicted octanol–water partition coefficient (Wildman–Crippen LogP) is 5.60. The number of carbonyl (C=O) groups is 1. The van der Waals surface area contributed by atoms with Crippen LogP contribution in [0, 0.1) is 5.41 Å². The summed E-state index contributed by atoms with van der Waals surface area (Å²) < 4.78 is 12.9. The summed E-state index contributed by atoms with van der Waals surface area (Å²) in [6.07, 6.45) is 3.32. The first-order chi connectivity index (χ1) is 13.5. The average Bonchev–Trinajstić information content (AvgIpc) is 3.46. The molecule has 1 fully saturated rings. The summed E-state index contributed by atoms with van der Waals surface area (Å²) in [7, 11) is 0. The molecule has 0 saturated heterocycles. The fourth-order valence-electron chi connectivity index (χ4n) is 4.39. The molecule has 0 radical (unpaired) electrons. The van der Waals surface area contributed by atoms with E-state index in [1.165, 1.54) is 11.1 Å². The second-order valence-electron chi connectivity index (χ2n) is 8.21. The predicted molar refractivity (Wildman–Crippen MR) is 109 cm³/mol. The van der Waals surface area contributed by atoms with Crippen LogP contribution >= 0.6 is 0 Å². The second-order valence-corrected chi connectivity index (χ2v) is 8.21. The molecular weight excluding hydrogens is 348 g/mol. The van der Waals surface area contributed by atoms with Gasteiger partial charge in [0.05, 0.1) is 18.6 Å². The number of ketones is 1. The highest BCUT2D eigenvalue weighted by atomic mass is 16.7. The van der Waals surface area contributed by atoms with Crippen LogP contribution in [0.1, 0.15) is 50.7 Å². The van der Waals surface area contributed by atoms with Gasteiger partial charge in [0, 0.05) is 12.8 Å². The van der Waals surface area contributed by atoms with E-state index in [1.807, 2.05) is 36.4 Å². The third kappa shape index (κ3) is 3.82. The van der Waals surface area contributed by atoms with Gasteiger partial charge in [-0.15, -0.1) is 0 Å². The highest BCUT2D eigenvalue weighted by molar-refractivity contribution is 5.89. The van der Waals surface area contributed by atoms with Gasteiger partial charge < -0.3 is 9.47 Å². The number of hydrogen-bond donors (Lipinski definition) is 0. The molecule has 0 aliphatic heterocycles. The van der Waals surface area contributed by atoms with Gasteiger partial charge in [-0.1, -0.05) is 71.8 Å². The van der Waals surface area contributed by atoms with Crippen molar-refractivity contribution in [3.63, 3.8) is 0 Å². The van der Waals surface area contributed by atoms with Crippen LogP contribution in [0.25, 0.3) is 0 Å². The van der Waals surface area contributed by atoms with Crippen molar-refractivity contribution in [2.45, 2.75) is 58.5 Å². The molecule has 2 aromatic rings. The Balaban J connectivity index is 1.53. The van der Waals surface area contributed by atoms with Crippen molar-refractivity contribution < 1.29 is 14.3 Å². The third-order valence-electron chi connectivity index (χ3n) is 6.19. The van der Waals surface area contributed by atoms with Crippen LogP contribution in [-0.4, -0.2) is 11.6 Å². The molecule has 0 heterocycles. The Bertz CT molecular complexity index is 820. The number of carbonyl (C=O) groups excluding carboxylic acids is 1. The lowest BCUT2D eigenvalue weighted by molar-refractivity contribution is -0.244. The maximum atomic E-state index is 12.3. The van der Waals surface area contributed by atoms with E-state index in [4.69, 9.17) is 9.47 Å². The lowest BCUT2D eigenvalue weighted by Gasteiger charge is -2.31. The first-order valence-corrected chi connectivity index (χ1v) is 10.1. The molecule has 0 N–H and O–H groups in total. The van der Waals surface area contributed by atoms with Crippen molar-refractivity contribution in [2.24, 2.45) is 5.41 Å².